The average molecular weight is 274 g/mol. The Hall–Kier alpha value is -1.88. The average Bonchev–Trinajstić information content (AvgIpc) is 2.71. The maximum absolute atomic E-state index is 11.9. The van der Waals surface area contributed by atoms with E-state index in [-0.39, 0.29) is 24.8 Å². The summed E-state index contributed by atoms with van der Waals surface area (Å²) in [6.07, 6.45) is 2.60. The highest BCUT2D eigenvalue weighted by Crippen LogP contribution is 2.34. The van der Waals surface area contributed by atoms with Crippen molar-refractivity contribution in [3.05, 3.63) is 29.8 Å². The molecular weight excluding hydrogens is 256 g/mol. The van der Waals surface area contributed by atoms with E-state index in [4.69, 9.17) is 0 Å². The molecule has 3 rings (SSSR count). The second-order valence-electron chi connectivity index (χ2n) is 5.69. The summed E-state index contributed by atoms with van der Waals surface area (Å²) < 4.78 is 0. The molecule has 1 fully saturated rings. The Morgan fingerprint density at radius 3 is 2.85 bits per heavy atom. The molecule has 1 unspecified atom stereocenters. The molecule has 2 aliphatic rings. The lowest BCUT2D eigenvalue weighted by molar-refractivity contribution is -0.126. The molecule has 5 nitrogen and oxygen atoms in total. The van der Waals surface area contributed by atoms with Crippen LogP contribution in [0.3, 0.4) is 0 Å². The van der Waals surface area contributed by atoms with Gasteiger partial charge in [0.15, 0.2) is 0 Å². The molecular formula is C15H18N2O3. The van der Waals surface area contributed by atoms with Gasteiger partial charge in [-0.15, -0.1) is 0 Å². The molecule has 1 saturated carbocycles. The molecule has 0 spiro atoms. The van der Waals surface area contributed by atoms with Gasteiger partial charge in [-0.3, -0.25) is 9.59 Å². The van der Waals surface area contributed by atoms with Gasteiger partial charge in [0.2, 0.25) is 11.8 Å². The van der Waals surface area contributed by atoms with Crippen LogP contribution in [0.1, 0.15) is 37.2 Å². The van der Waals surface area contributed by atoms with Crippen molar-refractivity contribution in [2.24, 2.45) is 0 Å². The van der Waals surface area contributed by atoms with E-state index >= 15 is 0 Å². The highest BCUT2D eigenvalue weighted by molar-refractivity contribution is 6.04. The van der Waals surface area contributed by atoms with Crippen LogP contribution in [0.15, 0.2) is 24.3 Å². The van der Waals surface area contributed by atoms with Crippen LogP contribution in [0.25, 0.3) is 0 Å². The van der Waals surface area contributed by atoms with Gasteiger partial charge in [-0.1, -0.05) is 18.2 Å². The van der Waals surface area contributed by atoms with Crippen LogP contribution in [-0.4, -0.2) is 29.1 Å². The van der Waals surface area contributed by atoms with Crippen molar-refractivity contribution in [1.29, 1.82) is 0 Å². The molecule has 1 aromatic rings. The summed E-state index contributed by atoms with van der Waals surface area (Å²) in [7, 11) is 0. The van der Waals surface area contributed by atoms with Crippen LogP contribution in [0.4, 0.5) is 5.69 Å². The van der Waals surface area contributed by atoms with Crippen LogP contribution in [0, 0.1) is 0 Å². The van der Waals surface area contributed by atoms with Gasteiger partial charge in [0.05, 0.1) is 11.5 Å². The number of nitrogens with one attached hydrogen (secondary N) is 2. The number of fused-ring (bicyclic) bond motifs is 1. The minimum Gasteiger partial charge on any atom is -0.388 e. The number of hydrogen-bond acceptors (Lipinski definition) is 3. The van der Waals surface area contributed by atoms with E-state index < -0.39 is 11.5 Å². The van der Waals surface area contributed by atoms with Crippen molar-refractivity contribution < 1.29 is 14.7 Å². The van der Waals surface area contributed by atoms with Crippen molar-refractivity contribution in [2.45, 2.75) is 37.2 Å². The minimum absolute atomic E-state index is 0.124. The summed E-state index contributed by atoms with van der Waals surface area (Å²) in [5, 5.41) is 15.4. The van der Waals surface area contributed by atoms with E-state index in [1.54, 1.807) is 0 Å². The summed E-state index contributed by atoms with van der Waals surface area (Å²) in [5.41, 5.74) is 0.925. The second kappa shape index (κ2) is 4.90. The first-order valence-corrected chi connectivity index (χ1v) is 6.96. The number of anilines is 1. The topological polar surface area (TPSA) is 78.4 Å². The van der Waals surface area contributed by atoms with Gasteiger partial charge < -0.3 is 15.7 Å². The fraction of sp³-hybridized carbons (Fsp3) is 0.467. The van der Waals surface area contributed by atoms with Crippen molar-refractivity contribution >= 4 is 17.5 Å². The zero-order valence-corrected chi connectivity index (χ0v) is 11.2. The largest absolute Gasteiger partial charge is 0.388 e. The minimum atomic E-state index is -0.731. The van der Waals surface area contributed by atoms with E-state index in [2.05, 4.69) is 10.6 Å². The van der Waals surface area contributed by atoms with E-state index in [0.29, 0.717) is 0 Å². The summed E-state index contributed by atoms with van der Waals surface area (Å²) in [6, 6.07) is 7.42. The van der Waals surface area contributed by atoms with Gasteiger partial charge in [0.25, 0.3) is 0 Å². The summed E-state index contributed by atoms with van der Waals surface area (Å²) in [6.45, 7) is 0.280. The molecule has 2 amide bonds. The Labute approximate surface area is 117 Å². The lowest BCUT2D eigenvalue weighted by atomic mass is 9.80. The summed E-state index contributed by atoms with van der Waals surface area (Å²) in [4.78, 5) is 23.8. The Balaban J connectivity index is 1.60. The van der Waals surface area contributed by atoms with Crippen LogP contribution >= 0.6 is 0 Å². The Morgan fingerprint density at radius 1 is 1.40 bits per heavy atom. The SMILES string of the molecule is O=C(CC1C(=O)Nc2ccccc21)NCC1(O)CCC1. The first-order chi connectivity index (χ1) is 9.57. The summed E-state index contributed by atoms with van der Waals surface area (Å²) >= 11 is 0. The molecule has 5 heteroatoms. The molecule has 20 heavy (non-hydrogen) atoms. The monoisotopic (exact) mass is 274 g/mol. The highest BCUT2D eigenvalue weighted by atomic mass is 16.3. The second-order valence-corrected chi connectivity index (χ2v) is 5.69. The lowest BCUT2D eigenvalue weighted by Crippen LogP contribution is -2.48. The van der Waals surface area contributed by atoms with Crippen molar-refractivity contribution in [3.8, 4) is 0 Å². The fourth-order valence-electron chi connectivity index (χ4n) is 2.76. The molecule has 0 bridgehead atoms. The fourth-order valence-corrected chi connectivity index (χ4v) is 2.76. The van der Waals surface area contributed by atoms with Crippen LogP contribution < -0.4 is 10.6 Å². The predicted octanol–water partition coefficient (Wildman–Crippen LogP) is 1.14. The van der Waals surface area contributed by atoms with Crippen molar-refractivity contribution in [3.63, 3.8) is 0 Å². The molecule has 0 aromatic heterocycles. The summed E-state index contributed by atoms with van der Waals surface area (Å²) in [5.74, 6) is -0.756. The normalized spacial score (nSPS) is 22.6. The number of rotatable bonds is 4. The molecule has 0 saturated heterocycles. The van der Waals surface area contributed by atoms with E-state index in [0.717, 1.165) is 30.5 Å². The van der Waals surface area contributed by atoms with Gasteiger partial charge in [-0.2, -0.15) is 0 Å². The molecule has 0 radical (unpaired) electrons. The zero-order valence-electron chi connectivity index (χ0n) is 11.2. The van der Waals surface area contributed by atoms with Gasteiger partial charge in [0, 0.05) is 18.7 Å². The molecule has 3 N–H and O–H groups in total. The van der Waals surface area contributed by atoms with Gasteiger partial charge in [-0.25, -0.2) is 0 Å². The predicted molar refractivity (Wildman–Crippen MR) is 74.2 cm³/mol. The number of amides is 2. The quantitative estimate of drug-likeness (QED) is 0.770. The van der Waals surface area contributed by atoms with E-state index in [1.807, 2.05) is 24.3 Å². The number of benzene rings is 1. The van der Waals surface area contributed by atoms with Crippen LogP contribution in [-0.2, 0) is 9.59 Å². The molecule has 1 aromatic carbocycles. The number of carbonyl (C=O) groups is 2. The highest BCUT2D eigenvalue weighted by Gasteiger charge is 2.36. The smallest absolute Gasteiger partial charge is 0.232 e. The molecule has 1 atom stereocenters. The first kappa shape index (κ1) is 13.1. The Bertz CT molecular complexity index is 552. The third kappa shape index (κ3) is 2.41. The lowest BCUT2D eigenvalue weighted by Gasteiger charge is -2.36. The van der Waals surface area contributed by atoms with Crippen molar-refractivity contribution in [2.75, 3.05) is 11.9 Å². The molecule has 1 aliphatic carbocycles. The Morgan fingerprint density at radius 2 is 2.15 bits per heavy atom. The Kier molecular flexibility index (Phi) is 3.22. The number of para-hydroxylation sites is 1. The standard InChI is InChI=1S/C15H18N2O3/c18-13(16-9-15(20)6-3-7-15)8-11-10-4-1-2-5-12(10)17-14(11)19/h1-2,4-5,11,20H,3,6-9H2,(H,16,18)(H,17,19). The van der Waals surface area contributed by atoms with Gasteiger partial charge >= 0.3 is 0 Å². The third-order valence-corrected chi connectivity index (χ3v) is 4.20. The molecule has 106 valence electrons. The van der Waals surface area contributed by atoms with Gasteiger partial charge in [-0.05, 0) is 30.9 Å². The molecule has 1 aliphatic heterocycles. The van der Waals surface area contributed by atoms with E-state index in [1.165, 1.54) is 0 Å². The maximum atomic E-state index is 11.9. The number of carbonyl (C=O) groups excluding carboxylic acids is 2. The first-order valence-electron chi connectivity index (χ1n) is 6.96. The zero-order chi connectivity index (χ0) is 14.2. The van der Waals surface area contributed by atoms with Crippen LogP contribution in [0.2, 0.25) is 0 Å². The van der Waals surface area contributed by atoms with Crippen LogP contribution in [0.5, 0.6) is 0 Å². The maximum Gasteiger partial charge on any atom is 0.232 e. The van der Waals surface area contributed by atoms with Gasteiger partial charge in [0.1, 0.15) is 0 Å². The molecule has 1 heterocycles. The third-order valence-electron chi connectivity index (χ3n) is 4.20. The van der Waals surface area contributed by atoms with Crippen molar-refractivity contribution in [1.82, 2.24) is 5.32 Å². The number of hydrogen-bond donors (Lipinski definition) is 3. The van der Waals surface area contributed by atoms with E-state index in [9.17, 15) is 14.7 Å². The number of aliphatic hydroxyl groups is 1.